The van der Waals surface area contributed by atoms with E-state index in [1.165, 1.54) is 353 Å². The zero-order chi connectivity index (χ0) is 74.6. The van der Waals surface area contributed by atoms with Crippen molar-refractivity contribution in [3.8, 4) is 0 Å². The van der Waals surface area contributed by atoms with E-state index in [0.717, 1.165) is 70.6 Å². The fraction of sp³-hybridized carbons (Fsp3) is 0.840. The van der Waals surface area contributed by atoms with Crippen molar-refractivity contribution in [1.82, 2.24) is 0 Å². The number of hydrogen-bond donors (Lipinski definition) is 0. The third kappa shape index (κ3) is 85.9. The lowest BCUT2D eigenvalue weighted by Crippen LogP contribution is -2.44. The molecule has 0 radical (unpaired) electrons. The first-order chi connectivity index (χ1) is 50.6. The van der Waals surface area contributed by atoms with Gasteiger partial charge in [0.2, 0.25) is 0 Å². The number of esters is 2. The molecule has 103 heavy (non-hydrogen) atoms. The van der Waals surface area contributed by atoms with E-state index < -0.39 is 24.3 Å². The molecule has 0 aromatic carbocycles. The van der Waals surface area contributed by atoms with Gasteiger partial charge in [-0.15, -0.1) is 0 Å². The van der Waals surface area contributed by atoms with Gasteiger partial charge in [0.05, 0.1) is 40.3 Å². The average Bonchev–Trinajstić information content (AvgIpc) is 1.16. The van der Waals surface area contributed by atoms with Gasteiger partial charge >= 0.3 is 11.9 Å². The molecule has 0 aliphatic carbocycles. The Morgan fingerprint density at radius 3 is 0.825 bits per heavy atom. The molecule has 0 aromatic heterocycles. The number of hydrogen-bond acceptors (Lipinski definition) is 8. The zero-order valence-corrected chi connectivity index (χ0v) is 69.2. The summed E-state index contributed by atoms with van der Waals surface area (Å²) in [4.78, 5) is 37.7. The summed E-state index contributed by atoms with van der Waals surface area (Å²) in [6.45, 7) is 4.70. The van der Waals surface area contributed by atoms with Crippen LogP contribution in [0.15, 0.2) is 72.9 Å². The van der Waals surface area contributed by atoms with Gasteiger partial charge in [0, 0.05) is 12.8 Å². The van der Waals surface area contributed by atoms with E-state index in [1.54, 1.807) is 0 Å². The van der Waals surface area contributed by atoms with Crippen LogP contribution in [0.4, 0.5) is 0 Å². The number of allylic oxidation sites excluding steroid dienone is 12. The molecule has 0 aromatic rings. The highest BCUT2D eigenvalue weighted by atomic mass is 16.7. The van der Waals surface area contributed by atoms with Gasteiger partial charge in [-0.1, -0.05) is 427 Å². The minimum absolute atomic E-state index is 0.150. The molecule has 0 aliphatic heterocycles. The minimum atomic E-state index is -1.62. The van der Waals surface area contributed by atoms with Crippen LogP contribution in [0.2, 0.25) is 0 Å². The minimum Gasteiger partial charge on any atom is -0.545 e. The fourth-order valence-electron chi connectivity index (χ4n) is 13.6. The number of carboxylic acids is 1. The van der Waals surface area contributed by atoms with Crippen molar-refractivity contribution in [2.75, 3.05) is 47.5 Å². The van der Waals surface area contributed by atoms with Crippen LogP contribution in [0.1, 0.15) is 450 Å². The molecule has 0 rings (SSSR count). The number of nitrogens with zero attached hydrogens (tertiary/aromatic N) is 1. The summed E-state index contributed by atoms with van der Waals surface area (Å²) in [6.07, 6.45) is 112. The molecule has 0 spiro atoms. The van der Waals surface area contributed by atoms with Gasteiger partial charge in [-0.2, -0.15) is 0 Å². The van der Waals surface area contributed by atoms with E-state index in [-0.39, 0.29) is 32.2 Å². The van der Waals surface area contributed by atoms with Crippen LogP contribution < -0.4 is 5.11 Å². The molecule has 2 atom stereocenters. The molecular formula is C94H173NO8. The van der Waals surface area contributed by atoms with Crippen LogP contribution in [0, 0.1) is 0 Å². The second-order valence-electron chi connectivity index (χ2n) is 31.9. The molecule has 2 unspecified atom stereocenters. The maximum absolute atomic E-state index is 13.0. The highest BCUT2D eigenvalue weighted by Crippen LogP contribution is 2.21. The van der Waals surface area contributed by atoms with E-state index in [9.17, 15) is 19.5 Å². The van der Waals surface area contributed by atoms with Crippen LogP contribution in [-0.4, -0.2) is 82.3 Å². The lowest BCUT2D eigenvalue weighted by atomic mass is 10.0. The molecule has 0 N–H and O–H groups in total. The molecule has 0 saturated heterocycles. The lowest BCUT2D eigenvalue weighted by molar-refractivity contribution is -0.870. The SMILES string of the molecule is CC/C=C\C/C=C\C/C=C\C/C=C\CCCCCCCCCCCCCCCCCCCCCCCCCCC(=O)OC(COC(=O)CCCCCCCCCCCCCCCCCCCCCCCCCCCCCCC/C=C\C/C=C\CCCCCCC)COC(OCC[N+](C)(C)C)C(=O)[O-]. The van der Waals surface area contributed by atoms with E-state index in [4.69, 9.17) is 18.9 Å². The summed E-state index contributed by atoms with van der Waals surface area (Å²) in [5, 5.41) is 11.9. The number of ether oxygens (including phenoxy) is 4. The van der Waals surface area contributed by atoms with Gasteiger partial charge in [-0.05, 0) is 83.5 Å². The van der Waals surface area contributed by atoms with E-state index >= 15 is 0 Å². The standard InChI is InChI=1S/C94H173NO8/c1-6-8-10-12-14-16-18-20-22-24-26-28-30-32-34-36-38-40-42-44-45-46-47-49-50-52-54-56-58-60-62-64-66-68-70-72-74-76-78-80-82-84-91(96)101-88-90(89-102-94(93(98)99)100-87-86-95(3,4)5)103-92(97)85-83-81-79-77-75-73-71-69-67-65-63-61-59-57-55-53-51-48-43-41-39-37-35-33-31-29-27-25-23-21-19-17-15-13-11-9-7-2/h9,11,15,17-18,20-21,23-24,26-27,29,90,94H,6-8,10,12-14,16,19,22,25,28,30-89H2,1-5H3/b11-9-,17-15-,20-18-,23-21-,26-24-,29-27-. The second-order valence-corrected chi connectivity index (χ2v) is 31.9. The number of carbonyl (C=O) groups is 3. The van der Waals surface area contributed by atoms with Crippen molar-refractivity contribution < 1.29 is 42.9 Å². The molecule has 0 bridgehead atoms. The van der Waals surface area contributed by atoms with Crippen LogP contribution in [0.3, 0.4) is 0 Å². The van der Waals surface area contributed by atoms with E-state index in [2.05, 4.69) is 86.8 Å². The molecule has 0 saturated carbocycles. The normalized spacial score (nSPS) is 12.9. The fourth-order valence-corrected chi connectivity index (χ4v) is 13.6. The number of unbranched alkanes of at least 4 members (excludes halogenated alkanes) is 58. The smallest absolute Gasteiger partial charge is 0.306 e. The Bertz CT molecular complexity index is 1930. The Morgan fingerprint density at radius 2 is 0.553 bits per heavy atom. The number of likely N-dealkylation sites (N-methyl/N-ethyl adjacent to an activating group) is 1. The lowest BCUT2D eigenvalue weighted by Gasteiger charge is -2.26. The summed E-state index contributed by atoms with van der Waals surface area (Å²) in [6, 6.07) is 0. The van der Waals surface area contributed by atoms with Crippen LogP contribution in [0.5, 0.6) is 0 Å². The first-order valence-electron chi connectivity index (χ1n) is 45.1. The van der Waals surface area contributed by atoms with Gasteiger partial charge in [0.25, 0.3) is 0 Å². The predicted octanol–water partition coefficient (Wildman–Crippen LogP) is 28.2. The maximum atomic E-state index is 13.0. The number of quaternary nitrogens is 1. The predicted molar refractivity (Wildman–Crippen MR) is 445 cm³/mol. The van der Waals surface area contributed by atoms with Crippen molar-refractivity contribution in [2.24, 2.45) is 0 Å². The quantitative estimate of drug-likeness (QED) is 0.0195. The average molecular weight is 1450 g/mol. The largest absolute Gasteiger partial charge is 0.545 e. The van der Waals surface area contributed by atoms with E-state index in [0.29, 0.717) is 17.4 Å². The Kier molecular flexibility index (Phi) is 81.7. The molecule has 0 fully saturated rings. The second kappa shape index (κ2) is 84.4. The number of carboxylic acid groups (broad SMARTS) is 1. The molecule has 0 aliphatic rings. The summed E-state index contributed by atoms with van der Waals surface area (Å²) >= 11 is 0. The van der Waals surface area contributed by atoms with Crippen LogP contribution >= 0.6 is 0 Å². The Labute approximate surface area is 640 Å². The molecular weight excluding hydrogens is 1270 g/mol. The van der Waals surface area contributed by atoms with Crippen molar-refractivity contribution in [1.29, 1.82) is 0 Å². The van der Waals surface area contributed by atoms with Gasteiger partial charge in [-0.3, -0.25) is 9.59 Å². The third-order valence-electron chi connectivity index (χ3n) is 20.4. The summed E-state index contributed by atoms with van der Waals surface area (Å²) < 4.78 is 22.9. The van der Waals surface area contributed by atoms with Gasteiger partial charge in [0.1, 0.15) is 13.2 Å². The van der Waals surface area contributed by atoms with Crippen molar-refractivity contribution in [2.45, 2.75) is 463 Å². The summed E-state index contributed by atoms with van der Waals surface area (Å²) in [5.74, 6) is -2.25. The molecule has 9 heteroatoms. The summed E-state index contributed by atoms with van der Waals surface area (Å²) in [7, 11) is 5.96. The third-order valence-corrected chi connectivity index (χ3v) is 20.4. The Balaban J connectivity index is 3.89. The summed E-state index contributed by atoms with van der Waals surface area (Å²) in [5.41, 5.74) is 0. The van der Waals surface area contributed by atoms with Gasteiger partial charge < -0.3 is 33.3 Å². The van der Waals surface area contributed by atoms with Crippen molar-refractivity contribution >= 4 is 17.9 Å². The monoisotopic (exact) mass is 1440 g/mol. The van der Waals surface area contributed by atoms with Gasteiger partial charge in [-0.25, -0.2) is 0 Å². The van der Waals surface area contributed by atoms with Gasteiger partial charge in [0.15, 0.2) is 12.4 Å². The van der Waals surface area contributed by atoms with Crippen LogP contribution in [-0.2, 0) is 33.3 Å². The van der Waals surface area contributed by atoms with Crippen LogP contribution in [0.25, 0.3) is 0 Å². The number of rotatable bonds is 85. The van der Waals surface area contributed by atoms with E-state index in [1.807, 2.05) is 21.1 Å². The van der Waals surface area contributed by atoms with Crippen molar-refractivity contribution in [3.63, 3.8) is 0 Å². The highest BCUT2D eigenvalue weighted by Gasteiger charge is 2.22. The Hall–Kier alpha value is -3.27. The Morgan fingerprint density at radius 1 is 0.301 bits per heavy atom. The molecule has 0 heterocycles. The van der Waals surface area contributed by atoms with Crippen molar-refractivity contribution in [3.05, 3.63) is 72.9 Å². The highest BCUT2D eigenvalue weighted by molar-refractivity contribution is 5.70. The molecule has 602 valence electrons. The molecule has 9 nitrogen and oxygen atoms in total. The molecule has 0 amide bonds. The first-order valence-corrected chi connectivity index (χ1v) is 45.1. The number of aliphatic carboxylic acids is 1. The zero-order valence-electron chi connectivity index (χ0n) is 69.2. The first kappa shape index (κ1) is 99.7. The maximum Gasteiger partial charge on any atom is 0.306 e. The topological polar surface area (TPSA) is 111 Å². The number of carbonyl (C=O) groups excluding carboxylic acids is 3.